The van der Waals surface area contributed by atoms with E-state index in [9.17, 15) is 9.59 Å². The Morgan fingerprint density at radius 1 is 1.04 bits per heavy atom. The Morgan fingerprint density at radius 2 is 1.68 bits per heavy atom. The molecular weight excluding hydrogens is 314 g/mol. The molecule has 0 radical (unpaired) electrons. The number of para-hydroxylation sites is 1. The van der Waals surface area contributed by atoms with Gasteiger partial charge in [-0.05, 0) is 49.4 Å². The van der Waals surface area contributed by atoms with Gasteiger partial charge in [0.15, 0.2) is 6.10 Å². The maximum absolute atomic E-state index is 12.4. The molecule has 0 heterocycles. The molecule has 4 heteroatoms. The van der Waals surface area contributed by atoms with E-state index in [0.717, 1.165) is 23.2 Å². The summed E-state index contributed by atoms with van der Waals surface area (Å²) < 4.78 is 5.33. The van der Waals surface area contributed by atoms with Gasteiger partial charge >= 0.3 is 5.97 Å². The van der Waals surface area contributed by atoms with E-state index < -0.39 is 12.1 Å². The second-order valence-electron chi connectivity index (χ2n) is 6.25. The highest BCUT2D eigenvalue weighted by atomic mass is 16.5. The van der Waals surface area contributed by atoms with Crippen LogP contribution in [0.15, 0.2) is 48.5 Å². The van der Waals surface area contributed by atoms with Crippen LogP contribution in [-0.2, 0) is 9.53 Å². The van der Waals surface area contributed by atoms with Crippen molar-refractivity contribution < 1.29 is 14.3 Å². The fourth-order valence-corrected chi connectivity index (χ4v) is 2.57. The van der Waals surface area contributed by atoms with Gasteiger partial charge in [-0.15, -0.1) is 0 Å². The van der Waals surface area contributed by atoms with Crippen molar-refractivity contribution in [2.24, 2.45) is 0 Å². The summed E-state index contributed by atoms with van der Waals surface area (Å²) in [5, 5.41) is 2.88. The van der Waals surface area contributed by atoms with Crippen molar-refractivity contribution >= 4 is 17.6 Å². The molecular formula is C21H25NO3. The third-order valence-electron chi connectivity index (χ3n) is 4.38. The van der Waals surface area contributed by atoms with Crippen LogP contribution in [0.2, 0.25) is 0 Å². The van der Waals surface area contributed by atoms with Crippen LogP contribution in [0.5, 0.6) is 0 Å². The van der Waals surface area contributed by atoms with Crippen LogP contribution in [0.1, 0.15) is 54.6 Å². The number of aryl methyl sites for hydroxylation is 1. The van der Waals surface area contributed by atoms with E-state index in [1.54, 1.807) is 19.1 Å². The molecule has 0 unspecified atom stereocenters. The highest BCUT2D eigenvalue weighted by Crippen LogP contribution is 2.26. The molecule has 25 heavy (non-hydrogen) atoms. The number of amides is 1. The lowest BCUT2D eigenvalue weighted by Gasteiger charge is -2.18. The van der Waals surface area contributed by atoms with Gasteiger partial charge in [0.2, 0.25) is 0 Å². The summed E-state index contributed by atoms with van der Waals surface area (Å²) in [6.45, 7) is 7.64. The third kappa shape index (κ3) is 4.69. The summed E-state index contributed by atoms with van der Waals surface area (Å²) in [5.41, 5.74) is 3.14. The second kappa shape index (κ2) is 8.47. The van der Waals surface area contributed by atoms with E-state index in [-0.39, 0.29) is 5.91 Å². The number of carbonyl (C=O) groups excluding carboxylic acids is 2. The Labute approximate surface area is 149 Å². The fourth-order valence-electron chi connectivity index (χ4n) is 2.57. The Kier molecular flexibility index (Phi) is 6.34. The van der Waals surface area contributed by atoms with Crippen molar-refractivity contribution in [2.45, 2.75) is 46.1 Å². The molecule has 0 saturated carbocycles. The summed E-state index contributed by atoms with van der Waals surface area (Å²) >= 11 is 0. The van der Waals surface area contributed by atoms with Crippen LogP contribution >= 0.6 is 0 Å². The number of carbonyl (C=O) groups is 2. The summed E-state index contributed by atoms with van der Waals surface area (Å²) in [7, 11) is 0. The topological polar surface area (TPSA) is 55.4 Å². The smallest absolute Gasteiger partial charge is 0.339 e. The molecule has 0 saturated heterocycles. The SMILES string of the molecule is CC[C@@H](C)c1ccccc1NC(=O)[C@@H](C)OC(=O)c1ccccc1C. The van der Waals surface area contributed by atoms with Crippen molar-refractivity contribution in [3.8, 4) is 0 Å². The van der Waals surface area contributed by atoms with Gasteiger partial charge in [-0.1, -0.05) is 50.2 Å². The summed E-state index contributed by atoms with van der Waals surface area (Å²) in [4.78, 5) is 24.7. The largest absolute Gasteiger partial charge is 0.449 e. The van der Waals surface area contributed by atoms with Crippen molar-refractivity contribution in [1.29, 1.82) is 0 Å². The Hall–Kier alpha value is -2.62. The number of nitrogens with one attached hydrogen (secondary N) is 1. The summed E-state index contributed by atoms with van der Waals surface area (Å²) in [6, 6.07) is 14.9. The number of ether oxygens (including phenoxy) is 1. The molecule has 0 aliphatic rings. The molecule has 2 aromatic rings. The lowest BCUT2D eigenvalue weighted by atomic mass is 9.97. The molecule has 0 aliphatic heterocycles. The monoisotopic (exact) mass is 339 g/mol. The van der Waals surface area contributed by atoms with Gasteiger partial charge in [-0.2, -0.15) is 0 Å². The molecule has 0 bridgehead atoms. The first-order valence-corrected chi connectivity index (χ1v) is 8.60. The lowest BCUT2D eigenvalue weighted by molar-refractivity contribution is -0.123. The summed E-state index contributed by atoms with van der Waals surface area (Å²) in [5.74, 6) is -0.491. The maximum Gasteiger partial charge on any atom is 0.339 e. The maximum atomic E-state index is 12.4. The van der Waals surface area contributed by atoms with Crippen LogP contribution in [0.4, 0.5) is 5.69 Å². The second-order valence-corrected chi connectivity index (χ2v) is 6.25. The minimum absolute atomic E-state index is 0.335. The number of anilines is 1. The molecule has 0 spiro atoms. The summed E-state index contributed by atoms with van der Waals surface area (Å²) in [6.07, 6.45) is 0.0992. The quantitative estimate of drug-likeness (QED) is 0.777. The zero-order chi connectivity index (χ0) is 18.4. The van der Waals surface area contributed by atoms with E-state index in [4.69, 9.17) is 4.74 Å². The zero-order valence-corrected chi connectivity index (χ0v) is 15.2. The van der Waals surface area contributed by atoms with Gasteiger partial charge in [0, 0.05) is 5.69 Å². The average Bonchev–Trinajstić information content (AvgIpc) is 2.61. The first-order valence-electron chi connectivity index (χ1n) is 8.60. The highest BCUT2D eigenvalue weighted by Gasteiger charge is 2.21. The van der Waals surface area contributed by atoms with Gasteiger partial charge in [-0.3, -0.25) is 4.79 Å². The third-order valence-corrected chi connectivity index (χ3v) is 4.38. The molecule has 0 fully saturated rings. The van der Waals surface area contributed by atoms with Crippen LogP contribution in [0.25, 0.3) is 0 Å². The predicted molar refractivity (Wildman–Crippen MR) is 99.8 cm³/mol. The predicted octanol–water partition coefficient (Wildman–Crippen LogP) is 4.69. The number of rotatable bonds is 6. The molecule has 2 rings (SSSR count). The molecule has 132 valence electrons. The highest BCUT2D eigenvalue weighted by molar-refractivity contribution is 5.98. The van der Waals surface area contributed by atoms with Crippen LogP contribution in [0.3, 0.4) is 0 Å². The van der Waals surface area contributed by atoms with Crippen molar-refractivity contribution in [1.82, 2.24) is 0 Å². The van der Waals surface area contributed by atoms with E-state index in [0.29, 0.717) is 11.5 Å². The molecule has 0 aliphatic carbocycles. The number of esters is 1. The van der Waals surface area contributed by atoms with Crippen LogP contribution < -0.4 is 5.32 Å². The lowest BCUT2D eigenvalue weighted by Crippen LogP contribution is -2.30. The number of hydrogen-bond donors (Lipinski definition) is 1. The van der Waals surface area contributed by atoms with Gasteiger partial charge in [0.1, 0.15) is 0 Å². The first kappa shape index (κ1) is 18.7. The normalized spacial score (nSPS) is 13.0. The Bertz CT molecular complexity index is 754. The molecule has 4 nitrogen and oxygen atoms in total. The molecule has 2 aromatic carbocycles. The number of hydrogen-bond acceptors (Lipinski definition) is 3. The fraction of sp³-hybridized carbons (Fsp3) is 0.333. The van der Waals surface area contributed by atoms with Gasteiger partial charge < -0.3 is 10.1 Å². The van der Waals surface area contributed by atoms with Gasteiger partial charge in [0.25, 0.3) is 5.91 Å². The number of benzene rings is 2. The zero-order valence-electron chi connectivity index (χ0n) is 15.2. The van der Waals surface area contributed by atoms with E-state index in [2.05, 4.69) is 19.2 Å². The van der Waals surface area contributed by atoms with Crippen molar-refractivity contribution in [2.75, 3.05) is 5.32 Å². The van der Waals surface area contributed by atoms with E-state index in [1.807, 2.05) is 43.3 Å². The minimum atomic E-state index is -0.878. The molecule has 2 atom stereocenters. The van der Waals surface area contributed by atoms with Gasteiger partial charge in [-0.25, -0.2) is 4.79 Å². The van der Waals surface area contributed by atoms with Crippen molar-refractivity contribution in [3.05, 3.63) is 65.2 Å². The Balaban J connectivity index is 2.06. The van der Waals surface area contributed by atoms with Crippen molar-refractivity contribution in [3.63, 3.8) is 0 Å². The molecule has 0 aromatic heterocycles. The first-order chi connectivity index (χ1) is 11.9. The average molecular weight is 339 g/mol. The van der Waals surface area contributed by atoms with Gasteiger partial charge in [0.05, 0.1) is 5.56 Å². The van der Waals surface area contributed by atoms with E-state index in [1.165, 1.54) is 0 Å². The van der Waals surface area contributed by atoms with E-state index >= 15 is 0 Å². The minimum Gasteiger partial charge on any atom is -0.449 e. The molecule has 1 amide bonds. The van der Waals surface area contributed by atoms with Crippen LogP contribution in [-0.4, -0.2) is 18.0 Å². The Morgan fingerprint density at radius 3 is 2.36 bits per heavy atom. The standard InChI is InChI=1S/C21H25NO3/c1-5-14(2)17-11-8-9-13-19(17)22-20(23)16(4)25-21(24)18-12-7-6-10-15(18)3/h6-14,16H,5H2,1-4H3,(H,22,23)/t14-,16-/m1/s1. The van der Waals surface area contributed by atoms with Crippen LogP contribution in [0, 0.1) is 6.92 Å². The molecule has 1 N–H and O–H groups in total.